The molecule has 2 aromatic carbocycles. The first kappa shape index (κ1) is 16.4. The summed E-state index contributed by atoms with van der Waals surface area (Å²) in [7, 11) is 1.58. The van der Waals surface area contributed by atoms with Crippen LogP contribution < -0.4 is 4.74 Å². The molecule has 0 aliphatic rings. The summed E-state index contributed by atoms with van der Waals surface area (Å²) < 4.78 is 5.13. The number of carbonyl (C=O) groups is 1. The van der Waals surface area contributed by atoms with Gasteiger partial charge in [0.15, 0.2) is 10.3 Å². The molecule has 0 atom stereocenters. The Morgan fingerprint density at radius 3 is 2.21 bits per heavy atom. The van der Waals surface area contributed by atoms with Crippen molar-refractivity contribution in [1.29, 1.82) is 0 Å². The lowest BCUT2D eigenvalue weighted by atomic mass is 10.1. The molecule has 0 amide bonds. The molecule has 3 aromatic rings. The Morgan fingerprint density at radius 1 is 0.917 bits per heavy atom. The van der Waals surface area contributed by atoms with Gasteiger partial charge in [-0.3, -0.25) is 4.79 Å². The number of ether oxygens (including phenoxy) is 1. The number of halogens is 2. The van der Waals surface area contributed by atoms with E-state index in [2.05, 4.69) is 9.97 Å². The van der Waals surface area contributed by atoms with E-state index >= 15 is 0 Å². The van der Waals surface area contributed by atoms with Crippen LogP contribution in [0.2, 0.25) is 10.3 Å². The maximum absolute atomic E-state index is 12.6. The molecule has 3 rings (SSSR count). The minimum atomic E-state index is -0.306. The highest BCUT2D eigenvalue weighted by molar-refractivity contribution is 6.36. The topological polar surface area (TPSA) is 52.1 Å². The number of rotatable bonds is 4. The number of nitrogens with zero attached hydrogens (tertiary/aromatic N) is 2. The van der Waals surface area contributed by atoms with E-state index in [1.807, 2.05) is 6.07 Å². The fourth-order valence-corrected chi connectivity index (χ4v) is 2.69. The number of benzene rings is 2. The van der Waals surface area contributed by atoms with Gasteiger partial charge in [0.2, 0.25) is 5.78 Å². The minimum absolute atomic E-state index is 0.0221. The van der Waals surface area contributed by atoms with Crippen molar-refractivity contribution in [3.8, 4) is 17.0 Å². The molecule has 0 radical (unpaired) electrons. The van der Waals surface area contributed by atoms with Gasteiger partial charge >= 0.3 is 0 Å². The lowest BCUT2D eigenvalue weighted by Gasteiger charge is -2.08. The molecule has 0 N–H and O–H groups in total. The first-order valence-electron chi connectivity index (χ1n) is 7.07. The highest BCUT2D eigenvalue weighted by atomic mass is 35.5. The fourth-order valence-electron chi connectivity index (χ4n) is 2.20. The summed E-state index contributed by atoms with van der Waals surface area (Å²) in [6.07, 6.45) is 0. The second-order valence-corrected chi connectivity index (χ2v) is 5.64. The van der Waals surface area contributed by atoms with Crippen LogP contribution >= 0.6 is 23.2 Å². The lowest BCUT2D eigenvalue weighted by Crippen LogP contribution is -2.08. The molecule has 0 bridgehead atoms. The standard InChI is InChI=1S/C18H12Cl2N2O2/c1-24-13-9-7-11(8-10-13)14-17(19)22-18(20)15(21-14)16(23)12-5-3-2-4-6-12/h2-10H,1H3. The van der Waals surface area contributed by atoms with Crippen LogP contribution in [-0.2, 0) is 0 Å². The van der Waals surface area contributed by atoms with Gasteiger partial charge in [-0.15, -0.1) is 0 Å². The van der Waals surface area contributed by atoms with E-state index in [0.29, 0.717) is 22.6 Å². The quantitative estimate of drug-likeness (QED) is 0.634. The molecule has 0 spiro atoms. The first-order valence-corrected chi connectivity index (χ1v) is 7.83. The molecule has 0 saturated heterocycles. The second-order valence-electron chi connectivity index (χ2n) is 4.93. The van der Waals surface area contributed by atoms with Crippen LogP contribution in [0, 0.1) is 0 Å². The van der Waals surface area contributed by atoms with Gasteiger partial charge in [-0.05, 0) is 24.3 Å². The fraction of sp³-hybridized carbons (Fsp3) is 0.0556. The summed E-state index contributed by atoms with van der Waals surface area (Å²) >= 11 is 12.2. The third kappa shape index (κ3) is 3.25. The summed E-state index contributed by atoms with van der Waals surface area (Å²) in [6.45, 7) is 0. The van der Waals surface area contributed by atoms with Crippen molar-refractivity contribution in [1.82, 2.24) is 9.97 Å². The van der Waals surface area contributed by atoms with Crippen LogP contribution in [0.3, 0.4) is 0 Å². The number of carbonyl (C=O) groups excluding carboxylic acids is 1. The van der Waals surface area contributed by atoms with Crippen LogP contribution in [0.25, 0.3) is 11.3 Å². The molecular weight excluding hydrogens is 347 g/mol. The first-order chi connectivity index (χ1) is 11.6. The van der Waals surface area contributed by atoms with Crippen molar-refractivity contribution >= 4 is 29.0 Å². The number of methoxy groups -OCH3 is 1. The molecule has 4 nitrogen and oxygen atoms in total. The number of hydrogen-bond donors (Lipinski definition) is 0. The van der Waals surface area contributed by atoms with E-state index in [9.17, 15) is 4.79 Å². The zero-order chi connectivity index (χ0) is 17.1. The van der Waals surface area contributed by atoms with Gasteiger partial charge in [0.25, 0.3) is 0 Å². The highest BCUT2D eigenvalue weighted by Crippen LogP contribution is 2.29. The predicted octanol–water partition coefficient (Wildman–Crippen LogP) is 4.69. The molecule has 0 saturated carbocycles. The normalized spacial score (nSPS) is 10.5. The van der Waals surface area contributed by atoms with Crippen molar-refractivity contribution < 1.29 is 9.53 Å². The molecule has 0 aliphatic carbocycles. The molecule has 1 aromatic heterocycles. The molecule has 0 aliphatic heterocycles. The molecule has 24 heavy (non-hydrogen) atoms. The number of ketones is 1. The minimum Gasteiger partial charge on any atom is -0.497 e. The van der Waals surface area contributed by atoms with Gasteiger partial charge in [-0.25, -0.2) is 9.97 Å². The van der Waals surface area contributed by atoms with Gasteiger partial charge in [0.1, 0.15) is 17.1 Å². The van der Waals surface area contributed by atoms with Crippen LogP contribution in [0.1, 0.15) is 16.1 Å². The summed E-state index contributed by atoms with van der Waals surface area (Å²) in [5.74, 6) is 0.400. The van der Waals surface area contributed by atoms with E-state index in [4.69, 9.17) is 27.9 Å². The van der Waals surface area contributed by atoms with Crippen LogP contribution in [0.4, 0.5) is 0 Å². The maximum Gasteiger partial charge on any atom is 0.214 e. The Balaban J connectivity index is 2.07. The lowest BCUT2D eigenvalue weighted by molar-refractivity contribution is 0.103. The van der Waals surface area contributed by atoms with Crippen molar-refractivity contribution in [3.63, 3.8) is 0 Å². The average Bonchev–Trinajstić information content (AvgIpc) is 2.62. The molecule has 0 unspecified atom stereocenters. The Kier molecular flexibility index (Phi) is 4.79. The van der Waals surface area contributed by atoms with Gasteiger partial charge in [0.05, 0.1) is 7.11 Å². The zero-order valence-electron chi connectivity index (χ0n) is 12.7. The van der Waals surface area contributed by atoms with Crippen molar-refractivity contribution in [2.24, 2.45) is 0 Å². The summed E-state index contributed by atoms with van der Waals surface area (Å²) in [4.78, 5) is 21.0. The molecule has 1 heterocycles. The monoisotopic (exact) mass is 358 g/mol. The van der Waals surface area contributed by atoms with Crippen LogP contribution in [0.5, 0.6) is 5.75 Å². The Bertz CT molecular complexity index is 882. The van der Waals surface area contributed by atoms with E-state index in [-0.39, 0.29) is 21.8 Å². The van der Waals surface area contributed by atoms with Gasteiger partial charge < -0.3 is 4.74 Å². The smallest absolute Gasteiger partial charge is 0.214 e. The number of aromatic nitrogens is 2. The SMILES string of the molecule is COc1ccc(-c2nc(C(=O)c3ccccc3)c(Cl)nc2Cl)cc1. The van der Waals surface area contributed by atoms with E-state index in [1.54, 1.807) is 55.6 Å². The molecule has 6 heteroatoms. The van der Waals surface area contributed by atoms with Crippen LogP contribution in [-0.4, -0.2) is 22.9 Å². The number of hydrogen-bond acceptors (Lipinski definition) is 4. The Morgan fingerprint density at radius 2 is 1.58 bits per heavy atom. The summed E-state index contributed by atoms with van der Waals surface area (Å²) in [5.41, 5.74) is 1.66. The van der Waals surface area contributed by atoms with Crippen LogP contribution in [0.15, 0.2) is 54.6 Å². The van der Waals surface area contributed by atoms with Gasteiger partial charge in [0, 0.05) is 11.1 Å². The summed E-state index contributed by atoms with van der Waals surface area (Å²) in [5, 5.41) is 0.112. The predicted molar refractivity (Wildman–Crippen MR) is 93.9 cm³/mol. The maximum atomic E-state index is 12.6. The van der Waals surface area contributed by atoms with E-state index in [0.717, 1.165) is 0 Å². The summed E-state index contributed by atoms with van der Waals surface area (Å²) in [6, 6.07) is 15.9. The molecule has 120 valence electrons. The van der Waals surface area contributed by atoms with Crippen molar-refractivity contribution in [3.05, 3.63) is 76.2 Å². The van der Waals surface area contributed by atoms with E-state index in [1.165, 1.54) is 0 Å². The Labute approximate surface area is 149 Å². The van der Waals surface area contributed by atoms with E-state index < -0.39 is 0 Å². The second kappa shape index (κ2) is 6.99. The third-order valence-electron chi connectivity index (χ3n) is 3.43. The van der Waals surface area contributed by atoms with Gasteiger partial charge in [-0.2, -0.15) is 0 Å². The zero-order valence-corrected chi connectivity index (χ0v) is 14.2. The Hall–Kier alpha value is -2.43. The van der Waals surface area contributed by atoms with Crippen molar-refractivity contribution in [2.75, 3.05) is 7.11 Å². The third-order valence-corrected chi connectivity index (χ3v) is 3.95. The largest absolute Gasteiger partial charge is 0.497 e. The molecular formula is C18H12Cl2N2O2. The van der Waals surface area contributed by atoms with Gasteiger partial charge in [-0.1, -0.05) is 53.5 Å². The van der Waals surface area contributed by atoms with Crippen molar-refractivity contribution in [2.45, 2.75) is 0 Å². The average molecular weight is 359 g/mol. The molecule has 0 fully saturated rings. The highest BCUT2D eigenvalue weighted by Gasteiger charge is 2.19.